The topological polar surface area (TPSA) is 54.3 Å². The van der Waals surface area contributed by atoms with E-state index < -0.39 is 0 Å². The summed E-state index contributed by atoms with van der Waals surface area (Å²) < 4.78 is 6.48. The zero-order valence-corrected chi connectivity index (χ0v) is 12.7. The van der Waals surface area contributed by atoms with Crippen LogP contribution >= 0.6 is 15.9 Å². The Hall–Kier alpha value is -1.33. The molecule has 1 aromatic heterocycles. The van der Waals surface area contributed by atoms with Crippen LogP contribution in [-0.4, -0.2) is 25.5 Å². The van der Waals surface area contributed by atoms with Gasteiger partial charge in [-0.2, -0.15) is 0 Å². The Bertz CT molecular complexity index is 617. The number of para-hydroxylation sites is 1. The molecule has 1 atom stereocenters. The Kier molecular flexibility index (Phi) is 4.08. The molecule has 1 unspecified atom stereocenters. The summed E-state index contributed by atoms with van der Waals surface area (Å²) in [5, 5.41) is 7.19. The molecule has 5 heteroatoms. The fraction of sp³-hybridized carbons (Fsp3) is 0.400. The molecule has 20 heavy (non-hydrogen) atoms. The van der Waals surface area contributed by atoms with Crippen molar-refractivity contribution in [1.82, 2.24) is 10.6 Å². The van der Waals surface area contributed by atoms with Crippen LogP contribution in [0.5, 0.6) is 0 Å². The average molecular weight is 337 g/mol. The Morgan fingerprint density at radius 1 is 1.50 bits per heavy atom. The molecule has 1 fully saturated rings. The summed E-state index contributed by atoms with van der Waals surface area (Å²) in [5.41, 5.74) is 0.720. The first-order valence-electron chi connectivity index (χ1n) is 6.91. The van der Waals surface area contributed by atoms with Gasteiger partial charge < -0.3 is 15.1 Å². The summed E-state index contributed by atoms with van der Waals surface area (Å²) in [6.45, 7) is 2.85. The summed E-state index contributed by atoms with van der Waals surface area (Å²) in [6, 6.07) is 7.55. The van der Waals surface area contributed by atoms with E-state index in [1.165, 1.54) is 6.42 Å². The molecule has 0 aliphatic carbocycles. The second kappa shape index (κ2) is 5.97. The molecule has 2 N–H and O–H groups in total. The maximum absolute atomic E-state index is 12.1. The second-order valence-corrected chi connectivity index (χ2v) is 6.03. The van der Waals surface area contributed by atoms with Crippen molar-refractivity contribution in [2.45, 2.75) is 12.8 Å². The van der Waals surface area contributed by atoms with Crippen molar-refractivity contribution >= 4 is 32.8 Å². The predicted molar refractivity (Wildman–Crippen MR) is 81.8 cm³/mol. The van der Waals surface area contributed by atoms with E-state index in [0.29, 0.717) is 18.2 Å². The third-order valence-electron chi connectivity index (χ3n) is 3.72. The predicted octanol–water partition coefficient (Wildman–Crippen LogP) is 2.92. The highest BCUT2D eigenvalue weighted by Gasteiger charge is 2.16. The summed E-state index contributed by atoms with van der Waals surface area (Å²) in [5.74, 6) is 0.913. The third kappa shape index (κ3) is 2.88. The van der Waals surface area contributed by atoms with Gasteiger partial charge in [0.25, 0.3) is 5.91 Å². The molecule has 4 nitrogen and oxygen atoms in total. The summed E-state index contributed by atoms with van der Waals surface area (Å²) in [4.78, 5) is 12.1. The molecule has 1 saturated heterocycles. The van der Waals surface area contributed by atoms with Crippen LogP contribution in [0.15, 0.2) is 33.2 Å². The van der Waals surface area contributed by atoms with Gasteiger partial charge in [0, 0.05) is 11.9 Å². The van der Waals surface area contributed by atoms with Gasteiger partial charge in [-0.1, -0.05) is 12.1 Å². The van der Waals surface area contributed by atoms with Crippen LogP contribution in [0.3, 0.4) is 0 Å². The summed E-state index contributed by atoms with van der Waals surface area (Å²) in [6.07, 6.45) is 2.22. The molecule has 0 saturated carbocycles. The first-order valence-corrected chi connectivity index (χ1v) is 7.70. The molecule has 0 radical (unpaired) electrons. The Labute approximate surface area is 126 Å². The SMILES string of the molecule is O=C(NCCC1CCNC1)c1cc2cccc(Br)c2o1. The Morgan fingerprint density at radius 3 is 3.15 bits per heavy atom. The van der Waals surface area contributed by atoms with E-state index >= 15 is 0 Å². The molecule has 2 heterocycles. The van der Waals surface area contributed by atoms with E-state index in [4.69, 9.17) is 4.42 Å². The van der Waals surface area contributed by atoms with Gasteiger partial charge in [-0.15, -0.1) is 0 Å². The van der Waals surface area contributed by atoms with Gasteiger partial charge in [0.1, 0.15) is 5.58 Å². The number of rotatable bonds is 4. The van der Waals surface area contributed by atoms with Crippen molar-refractivity contribution in [1.29, 1.82) is 0 Å². The molecule has 2 aromatic rings. The zero-order valence-electron chi connectivity index (χ0n) is 11.1. The Balaban J connectivity index is 1.61. The van der Waals surface area contributed by atoms with Gasteiger partial charge in [-0.05, 0) is 59.9 Å². The smallest absolute Gasteiger partial charge is 0.287 e. The molecular weight excluding hydrogens is 320 g/mol. The van der Waals surface area contributed by atoms with Crippen LogP contribution < -0.4 is 10.6 Å². The summed E-state index contributed by atoms with van der Waals surface area (Å²) in [7, 11) is 0. The number of halogens is 1. The first-order chi connectivity index (χ1) is 9.74. The minimum atomic E-state index is -0.140. The Morgan fingerprint density at radius 2 is 2.40 bits per heavy atom. The quantitative estimate of drug-likeness (QED) is 0.902. The monoisotopic (exact) mass is 336 g/mol. The highest BCUT2D eigenvalue weighted by atomic mass is 79.9. The number of carbonyl (C=O) groups excluding carboxylic acids is 1. The summed E-state index contributed by atoms with van der Waals surface area (Å²) >= 11 is 3.42. The number of fused-ring (bicyclic) bond motifs is 1. The minimum absolute atomic E-state index is 0.140. The lowest BCUT2D eigenvalue weighted by Crippen LogP contribution is -2.26. The molecule has 3 rings (SSSR count). The number of hydrogen-bond donors (Lipinski definition) is 2. The average Bonchev–Trinajstić information content (AvgIpc) is 3.07. The van der Waals surface area contributed by atoms with E-state index in [0.717, 1.165) is 35.0 Å². The van der Waals surface area contributed by atoms with E-state index in [2.05, 4.69) is 26.6 Å². The van der Waals surface area contributed by atoms with Crippen LogP contribution in [0.1, 0.15) is 23.4 Å². The fourth-order valence-corrected chi connectivity index (χ4v) is 3.04. The minimum Gasteiger partial charge on any atom is -0.450 e. The lowest BCUT2D eigenvalue weighted by Gasteiger charge is -2.08. The molecule has 1 amide bonds. The van der Waals surface area contributed by atoms with E-state index in [1.807, 2.05) is 18.2 Å². The lowest BCUT2D eigenvalue weighted by molar-refractivity contribution is 0.0926. The number of nitrogens with one attached hydrogen (secondary N) is 2. The largest absolute Gasteiger partial charge is 0.450 e. The number of amides is 1. The molecule has 0 bridgehead atoms. The zero-order chi connectivity index (χ0) is 13.9. The number of benzene rings is 1. The molecule has 1 aliphatic rings. The van der Waals surface area contributed by atoms with Gasteiger partial charge in [-0.3, -0.25) is 4.79 Å². The number of hydrogen-bond acceptors (Lipinski definition) is 3. The van der Waals surface area contributed by atoms with Crippen molar-refractivity contribution in [3.63, 3.8) is 0 Å². The van der Waals surface area contributed by atoms with Gasteiger partial charge >= 0.3 is 0 Å². The first kappa shape index (κ1) is 13.6. The van der Waals surface area contributed by atoms with Gasteiger partial charge in [0.2, 0.25) is 0 Å². The number of carbonyl (C=O) groups is 1. The van der Waals surface area contributed by atoms with Crippen LogP contribution in [0.4, 0.5) is 0 Å². The van der Waals surface area contributed by atoms with Crippen LogP contribution in [0.2, 0.25) is 0 Å². The van der Waals surface area contributed by atoms with Crippen LogP contribution in [0.25, 0.3) is 11.0 Å². The molecule has 106 valence electrons. The normalized spacial score (nSPS) is 18.6. The van der Waals surface area contributed by atoms with Crippen molar-refractivity contribution in [3.05, 3.63) is 34.5 Å². The maximum Gasteiger partial charge on any atom is 0.287 e. The third-order valence-corrected chi connectivity index (χ3v) is 4.34. The molecule has 1 aliphatic heterocycles. The van der Waals surface area contributed by atoms with E-state index in [-0.39, 0.29) is 5.91 Å². The van der Waals surface area contributed by atoms with Crippen LogP contribution in [0, 0.1) is 5.92 Å². The van der Waals surface area contributed by atoms with E-state index in [1.54, 1.807) is 6.07 Å². The standard InChI is InChI=1S/C15H17BrN2O2/c16-12-3-1-2-11-8-13(20-14(11)12)15(19)18-7-5-10-4-6-17-9-10/h1-3,8,10,17H,4-7,9H2,(H,18,19). The van der Waals surface area contributed by atoms with Gasteiger partial charge in [-0.25, -0.2) is 0 Å². The molecular formula is C15H17BrN2O2. The van der Waals surface area contributed by atoms with Crippen LogP contribution in [-0.2, 0) is 0 Å². The van der Waals surface area contributed by atoms with Crippen molar-refractivity contribution < 1.29 is 9.21 Å². The van der Waals surface area contributed by atoms with Crippen molar-refractivity contribution in [2.24, 2.45) is 5.92 Å². The highest BCUT2D eigenvalue weighted by molar-refractivity contribution is 9.10. The van der Waals surface area contributed by atoms with Crippen molar-refractivity contribution in [2.75, 3.05) is 19.6 Å². The van der Waals surface area contributed by atoms with E-state index in [9.17, 15) is 4.79 Å². The second-order valence-electron chi connectivity index (χ2n) is 5.17. The lowest BCUT2D eigenvalue weighted by atomic mass is 10.1. The number of furan rings is 1. The van der Waals surface area contributed by atoms with Gasteiger partial charge in [0.15, 0.2) is 5.76 Å². The molecule has 1 aromatic carbocycles. The van der Waals surface area contributed by atoms with Gasteiger partial charge in [0.05, 0.1) is 4.47 Å². The highest BCUT2D eigenvalue weighted by Crippen LogP contribution is 2.26. The fourth-order valence-electron chi connectivity index (χ4n) is 2.58. The van der Waals surface area contributed by atoms with Crippen molar-refractivity contribution in [3.8, 4) is 0 Å². The maximum atomic E-state index is 12.1. The molecule has 0 spiro atoms.